The Hall–Kier alpha value is -2.40. The molecule has 0 aromatic heterocycles. The van der Waals surface area contributed by atoms with E-state index in [-0.39, 0.29) is 6.42 Å². The average molecular weight is 322 g/mol. The number of halogens is 2. The van der Waals surface area contributed by atoms with Crippen molar-refractivity contribution < 1.29 is 19.1 Å². The summed E-state index contributed by atoms with van der Waals surface area (Å²) in [5, 5.41) is 12.1. The van der Waals surface area contributed by atoms with Crippen molar-refractivity contribution in [2.75, 3.05) is 0 Å². The van der Waals surface area contributed by atoms with Crippen LogP contribution in [0.25, 0.3) is 0 Å². The molecule has 4 nitrogen and oxygen atoms in total. The minimum atomic E-state index is -1.06. The monoisotopic (exact) mass is 321 g/mol. The molecule has 0 spiro atoms. The Balaban J connectivity index is 2.19. The fraction of sp³-hybridized carbons (Fsp3) is 0.125. The Morgan fingerprint density at radius 1 is 1.09 bits per heavy atom. The number of carbonyl (C=O) groups excluding carboxylic acids is 1. The van der Waals surface area contributed by atoms with Gasteiger partial charge in [0.15, 0.2) is 0 Å². The fourth-order valence-corrected chi connectivity index (χ4v) is 2.09. The third-order valence-electron chi connectivity index (χ3n) is 3.06. The molecule has 22 heavy (non-hydrogen) atoms. The summed E-state index contributed by atoms with van der Waals surface area (Å²) in [5.41, 5.74) is 0.882. The summed E-state index contributed by atoms with van der Waals surface area (Å²) >= 11 is 5.76. The number of amides is 1. The molecule has 2 aromatic carbocycles. The lowest BCUT2D eigenvalue weighted by atomic mass is 10.0. The van der Waals surface area contributed by atoms with E-state index in [9.17, 15) is 14.0 Å². The van der Waals surface area contributed by atoms with Crippen molar-refractivity contribution in [1.82, 2.24) is 5.32 Å². The van der Waals surface area contributed by atoms with Gasteiger partial charge in [0.25, 0.3) is 5.91 Å². The maximum absolute atomic E-state index is 13.0. The molecule has 2 rings (SSSR count). The smallest absolute Gasteiger partial charge is 0.305 e. The average Bonchev–Trinajstić information content (AvgIpc) is 2.47. The second-order valence-electron chi connectivity index (χ2n) is 4.68. The summed E-state index contributed by atoms with van der Waals surface area (Å²) in [6.07, 6.45) is -0.301. The second kappa shape index (κ2) is 7.04. The van der Waals surface area contributed by atoms with Gasteiger partial charge in [-0.25, -0.2) is 4.39 Å². The Morgan fingerprint density at radius 3 is 2.23 bits per heavy atom. The van der Waals surface area contributed by atoms with Gasteiger partial charge in [0.1, 0.15) is 5.82 Å². The van der Waals surface area contributed by atoms with Crippen LogP contribution in [0.5, 0.6) is 0 Å². The molecule has 0 fully saturated rings. The van der Waals surface area contributed by atoms with Crippen LogP contribution >= 0.6 is 11.6 Å². The van der Waals surface area contributed by atoms with Crippen LogP contribution in [0.15, 0.2) is 48.5 Å². The molecule has 114 valence electrons. The summed E-state index contributed by atoms with van der Waals surface area (Å²) in [4.78, 5) is 23.1. The maximum atomic E-state index is 13.0. The van der Waals surface area contributed by atoms with Crippen LogP contribution in [0, 0.1) is 5.82 Å². The van der Waals surface area contributed by atoms with Crippen molar-refractivity contribution in [3.63, 3.8) is 0 Å². The Bertz CT molecular complexity index is 671. The van der Waals surface area contributed by atoms with Gasteiger partial charge in [-0.1, -0.05) is 23.7 Å². The van der Waals surface area contributed by atoms with Gasteiger partial charge in [0, 0.05) is 10.6 Å². The zero-order chi connectivity index (χ0) is 16.1. The van der Waals surface area contributed by atoms with E-state index in [1.807, 2.05) is 0 Å². The van der Waals surface area contributed by atoms with E-state index >= 15 is 0 Å². The molecule has 0 radical (unpaired) electrons. The van der Waals surface area contributed by atoms with Crippen LogP contribution < -0.4 is 5.32 Å². The second-order valence-corrected chi connectivity index (χ2v) is 5.12. The van der Waals surface area contributed by atoms with Crippen molar-refractivity contribution in [2.45, 2.75) is 12.5 Å². The van der Waals surface area contributed by atoms with Crippen molar-refractivity contribution in [2.24, 2.45) is 0 Å². The Labute approximate surface area is 131 Å². The van der Waals surface area contributed by atoms with Gasteiger partial charge in [-0.3, -0.25) is 9.59 Å². The molecule has 0 bridgehead atoms. The third kappa shape index (κ3) is 4.30. The van der Waals surface area contributed by atoms with Gasteiger partial charge in [0.2, 0.25) is 0 Å². The highest BCUT2D eigenvalue weighted by molar-refractivity contribution is 6.30. The number of aliphatic carboxylic acids is 1. The van der Waals surface area contributed by atoms with Crippen molar-refractivity contribution >= 4 is 23.5 Å². The van der Waals surface area contributed by atoms with E-state index in [1.165, 1.54) is 24.3 Å². The number of hydrogen-bond acceptors (Lipinski definition) is 2. The SMILES string of the molecule is O=C(O)C[C@H](NC(=O)c1ccc(Cl)cc1)c1ccc(F)cc1. The quantitative estimate of drug-likeness (QED) is 0.886. The third-order valence-corrected chi connectivity index (χ3v) is 3.31. The number of carbonyl (C=O) groups is 2. The number of carboxylic acid groups (broad SMARTS) is 1. The van der Waals surface area contributed by atoms with Gasteiger partial charge < -0.3 is 10.4 Å². The lowest BCUT2D eigenvalue weighted by Crippen LogP contribution is -2.30. The molecule has 1 atom stereocenters. The minimum Gasteiger partial charge on any atom is -0.481 e. The summed E-state index contributed by atoms with van der Waals surface area (Å²) in [6, 6.07) is 10.8. The molecule has 0 saturated carbocycles. The summed E-state index contributed by atoms with van der Waals surface area (Å²) < 4.78 is 13.0. The van der Waals surface area contributed by atoms with Crippen molar-refractivity contribution in [1.29, 1.82) is 0 Å². The highest BCUT2D eigenvalue weighted by Crippen LogP contribution is 2.19. The zero-order valence-electron chi connectivity index (χ0n) is 11.4. The van der Waals surface area contributed by atoms with Crippen LogP contribution in [-0.2, 0) is 4.79 Å². The normalized spacial score (nSPS) is 11.7. The molecule has 6 heteroatoms. The molecular weight excluding hydrogens is 309 g/mol. The first-order valence-electron chi connectivity index (χ1n) is 6.49. The highest BCUT2D eigenvalue weighted by atomic mass is 35.5. The molecule has 0 aliphatic carbocycles. The molecular formula is C16H13ClFNO3. The topological polar surface area (TPSA) is 66.4 Å². The Kier molecular flexibility index (Phi) is 5.12. The van der Waals surface area contributed by atoms with E-state index in [4.69, 9.17) is 16.7 Å². The lowest BCUT2D eigenvalue weighted by molar-refractivity contribution is -0.137. The van der Waals surface area contributed by atoms with Gasteiger partial charge in [0.05, 0.1) is 12.5 Å². The lowest BCUT2D eigenvalue weighted by Gasteiger charge is -2.17. The van der Waals surface area contributed by atoms with E-state index in [0.717, 1.165) is 0 Å². The van der Waals surface area contributed by atoms with E-state index < -0.39 is 23.7 Å². The van der Waals surface area contributed by atoms with E-state index in [0.29, 0.717) is 16.1 Å². The molecule has 2 aromatic rings. The largest absolute Gasteiger partial charge is 0.481 e. The number of nitrogens with one attached hydrogen (secondary N) is 1. The van der Waals surface area contributed by atoms with Crippen molar-refractivity contribution in [3.05, 3.63) is 70.5 Å². The van der Waals surface area contributed by atoms with Crippen LogP contribution in [0.4, 0.5) is 4.39 Å². The van der Waals surface area contributed by atoms with Crippen LogP contribution in [0.1, 0.15) is 28.4 Å². The first-order valence-corrected chi connectivity index (χ1v) is 6.87. The molecule has 0 aliphatic heterocycles. The van der Waals surface area contributed by atoms with Gasteiger partial charge in [-0.2, -0.15) is 0 Å². The molecule has 0 aliphatic rings. The predicted octanol–water partition coefficient (Wildman–Crippen LogP) is 3.42. The molecule has 1 amide bonds. The number of hydrogen-bond donors (Lipinski definition) is 2. The molecule has 0 unspecified atom stereocenters. The highest BCUT2D eigenvalue weighted by Gasteiger charge is 2.19. The number of benzene rings is 2. The summed E-state index contributed by atoms with van der Waals surface area (Å²) in [7, 11) is 0. The molecule has 2 N–H and O–H groups in total. The zero-order valence-corrected chi connectivity index (χ0v) is 12.2. The molecule has 0 heterocycles. The first kappa shape index (κ1) is 16.0. The number of carboxylic acids is 1. The maximum Gasteiger partial charge on any atom is 0.305 e. The van der Waals surface area contributed by atoms with E-state index in [1.54, 1.807) is 24.3 Å². The minimum absolute atomic E-state index is 0.301. The van der Waals surface area contributed by atoms with E-state index in [2.05, 4.69) is 5.32 Å². The van der Waals surface area contributed by atoms with Crippen molar-refractivity contribution in [3.8, 4) is 0 Å². The Morgan fingerprint density at radius 2 is 1.68 bits per heavy atom. The van der Waals surface area contributed by atoms with Crippen LogP contribution in [-0.4, -0.2) is 17.0 Å². The fourth-order valence-electron chi connectivity index (χ4n) is 1.96. The molecule has 0 saturated heterocycles. The number of rotatable bonds is 5. The van der Waals surface area contributed by atoms with Crippen LogP contribution in [0.2, 0.25) is 5.02 Å². The summed E-state index contributed by atoms with van der Waals surface area (Å²) in [5.74, 6) is -1.92. The van der Waals surface area contributed by atoms with Gasteiger partial charge in [-0.15, -0.1) is 0 Å². The van der Waals surface area contributed by atoms with Gasteiger partial charge in [-0.05, 0) is 42.0 Å². The summed E-state index contributed by atoms with van der Waals surface area (Å²) in [6.45, 7) is 0. The standard InChI is InChI=1S/C16H13ClFNO3/c17-12-5-1-11(2-6-12)16(22)19-14(9-15(20)21)10-3-7-13(18)8-4-10/h1-8,14H,9H2,(H,19,22)(H,20,21)/t14-/m0/s1. The van der Waals surface area contributed by atoms with Crippen LogP contribution in [0.3, 0.4) is 0 Å². The van der Waals surface area contributed by atoms with Gasteiger partial charge >= 0.3 is 5.97 Å². The first-order chi connectivity index (χ1) is 10.5. The predicted molar refractivity (Wildman–Crippen MR) is 80.3 cm³/mol.